The monoisotopic (exact) mass is 312 g/mol. The van der Waals surface area contributed by atoms with Gasteiger partial charge in [0.15, 0.2) is 0 Å². The molecule has 21 heavy (non-hydrogen) atoms. The number of benzene rings is 1. The lowest BCUT2D eigenvalue weighted by molar-refractivity contribution is 0.575. The molecule has 0 bridgehead atoms. The first-order valence-electron chi connectivity index (χ1n) is 7.72. The first kappa shape index (κ1) is 18.1. The predicted molar refractivity (Wildman–Crippen MR) is 88.0 cm³/mol. The number of sulfonamides is 1. The van der Waals surface area contributed by atoms with Crippen molar-refractivity contribution < 1.29 is 8.42 Å². The van der Waals surface area contributed by atoms with Crippen LogP contribution in [0.3, 0.4) is 0 Å². The van der Waals surface area contributed by atoms with E-state index in [0.29, 0.717) is 18.0 Å². The van der Waals surface area contributed by atoms with Crippen LogP contribution in [-0.2, 0) is 16.6 Å². The van der Waals surface area contributed by atoms with Gasteiger partial charge >= 0.3 is 0 Å². The average molecular weight is 312 g/mol. The summed E-state index contributed by atoms with van der Waals surface area (Å²) in [6, 6.07) is 3.75. The Kier molecular flexibility index (Phi) is 7.35. The molecule has 0 fully saturated rings. The van der Waals surface area contributed by atoms with E-state index in [9.17, 15) is 8.42 Å². The molecular weight excluding hydrogens is 284 g/mol. The van der Waals surface area contributed by atoms with Gasteiger partial charge in [0.2, 0.25) is 10.0 Å². The molecule has 1 aromatic carbocycles. The number of aryl methyl sites for hydroxylation is 2. The van der Waals surface area contributed by atoms with Crippen LogP contribution < -0.4 is 10.0 Å². The van der Waals surface area contributed by atoms with E-state index in [4.69, 9.17) is 0 Å². The third kappa shape index (κ3) is 5.41. The van der Waals surface area contributed by atoms with Crippen LogP contribution in [0.1, 0.15) is 49.8 Å². The van der Waals surface area contributed by atoms with Crippen molar-refractivity contribution >= 4 is 10.0 Å². The van der Waals surface area contributed by atoms with Gasteiger partial charge in [-0.3, -0.25) is 0 Å². The molecule has 0 aliphatic carbocycles. The van der Waals surface area contributed by atoms with Gasteiger partial charge in [-0.1, -0.05) is 32.8 Å². The lowest BCUT2D eigenvalue weighted by Crippen LogP contribution is -2.26. The summed E-state index contributed by atoms with van der Waals surface area (Å²) < 4.78 is 27.5. The lowest BCUT2D eigenvalue weighted by Gasteiger charge is -2.14. The van der Waals surface area contributed by atoms with Gasteiger partial charge in [0.05, 0.1) is 4.90 Å². The third-order valence-electron chi connectivity index (χ3n) is 3.56. The SMILES string of the molecule is CCCCCNS(=O)(=O)c1cc(CNCC)c(C)cc1C. The lowest BCUT2D eigenvalue weighted by atomic mass is 10.1. The zero-order chi connectivity index (χ0) is 15.9. The summed E-state index contributed by atoms with van der Waals surface area (Å²) in [4.78, 5) is 0.400. The topological polar surface area (TPSA) is 58.2 Å². The van der Waals surface area contributed by atoms with E-state index in [1.54, 1.807) is 6.07 Å². The van der Waals surface area contributed by atoms with Crippen LogP contribution in [-0.4, -0.2) is 21.5 Å². The molecule has 5 heteroatoms. The fraction of sp³-hybridized carbons (Fsp3) is 0.625. The molecule has 0 unspecified atom stereocenters. The fourth-order valence-electron chi connectivity index (χ4n) is 2.27. The molecule has 120 valence electrons. The molecule has 0 heterocycles. The van der Waals surface area contributed by atoms with Gasteiger partial charge in [-0.2, -0.15) is 0 Å². The third-order valence-corrected chi connectivity index (χ3v) is 5.16. The van der Waals surface area contributed by atoms with Gasteiger partial charge in [0.1, 0.15) is 0 Å². The Balaban J connectivity index is 2.94. The van der Waals surface area contributed by atoms with Crippen LogP contribution in [0.4, 0.5) is 0 Å². The van der Waals surface area contributed by atoms with E-state index in [2.05, 4.69) is 17.0 Å². The van der Waals surface area contributed by atoms with Crippen molar-refractivity contribution in [2.75, 3.05) is 13.1 Å². The van der Waals surface area contributed by atoms with Gasteiger partial charge in [-0.05, 0) is 49.6 Å². The summed E-state index contributed by atoms with van der Waals surface area (Å²) >= 11 is 0. The normalized spacial score (nSPS) is 11.8. The Morgan fingerprint density at radius 3 is 2.38 bits per heavy atom. The smallest absolute Gasteiger partial charge is 0.240 e. The summed E-state index contributed by atoms with van der Waals surface area (Å²) in [5.41, 5.74) is 2.96. The first-order chi connectivity index (χ1) is 9.92. The van der Waals surface area contributed by atoms with E-state index in [-0.39, 0.29) is 0 Å². The minimum absolute atomic E-state index is 0.400. The molecule has 0 radical (unpaired) electrons. The van der Waals surface area contributed by atoms with E-state index < -0.39 is 10.0 Å². The first-order valence-corrected chi connectivity index (χ1v) is 9.21. The number of nitrogens with one attached hydrogen (secondary N) is 2. The molecule has 4 nitrogen and oxygen atoms in total. The maximum atomic E-state index is 12.4. The Labute approximate surface area is 129 Å². The van der Waals surface area contributed by atoms with Crippen LogP contribution in [0.25, 0.3) is 0 Å². The highest BCUT2D eigenvalue weighted by Gasteiger charge is 2.17. The van der Waals surface area contributed by atoms with Gasteiger partial charge in [-0.25, -0.2) is 13.1 Å². The van der Waals surface area contributed by atoms with Gasteiger partial charge < -0.3 is 5.32 Å². The van der Waals surface area contributed by atoms with Crippen molar-refractivity contribution in [1.82, 2.24) is 10.0 Å². The van der Waals surface area contributed by atoms with E-state index in [1.807, 2.05) is 26.8 Å². The van der Waals surface area contributed by atoms with Crippen molar-refractivity contribution in [3.8, 4) is 0 Å². The molecular formula is C16H28N2O2S. The molecule has 2 N–H and O–H groups in total. The van der Waals surface area contributed by atoms with E-state index in [1.165, 1.54) is 0 Å². The number of rotatable bonds is 9. The summed E-state index contributed by atoms with van der Waals surface area (Å²) in [5.74, 6) is 0. The maximum Gasteiger partial charge on any atom is 0.240 e. The van der Waals surface area contributed by atoms with Crippen molar-refractivity contribution in [3.63, 3.8) is 0 Å². The van der Waals surface area contributed by atoms with Gasteiger partial charge in [0, 0.05) is 13.1 Å². The second-order valence-corrected chi connectivity index (χ2v) is 7.16. The molecule has 1 aromatic rings. The number of unbranched alkanes of at least 4 members (excludes halogenated alkanes) is 2. The average Bonchev–Trinajstić information content (AvgIpc) is 2.42. The summed E-state index contributed by atoms with van der Waals surface area (Å²) in [7, 11) is -3.41. The minimum atomic E-state index is -3.41. The minimum Gasteiger partial charge on any atom is -0.313 e. The number of hydrogen-bond donors (Lipinski definition) is 2. The summed E-state index contributed by atoms with van der Waals surface area (Å²) in [6.07, 6.45) is 3.00. The van der Waals surface area contributed by atoms with Crippen molar-refractivity contribution in [2.24, 2.45) is 0 Å². The predicted octanol–water partition coefficient (Wildman–Crippen LogP) is 2.88. The molecule has 1 rings (SSSR count). The van der Waals surface area contributed by atoms with Crippen molar-refractivity contribution in [2.45, 2.75) is 58.4 Å². The Bertz CT molecular complexity index is 554. The highest BCUT2D eigenvalue weighted by atomic mass is 32.2. The zero-order valence-corrected chi connectivity index (χ0v) is 14.4. The molecule has 0 aliphatic heterocycles. The van der Waals surface area contributed by atoms with E-state index >= 15 is 0 Å². The Morgan fingerprint density at radius 2 is 1.76 bits per heavy atom. The van der Waals surface area contributed by atoms with Crippen molar-refractivity contribution in [3.05, 3.63) is 28.8 Å². The largest absolute Gasteiger partial charge is 0.313 e. The van der Waals surface area contributed by atoms with Crippen LogP contribution in [0.15, 0.2) is 17.0 Å². The fourth-order valence-corrected chi connectivity index (χ4v) is 3.62. The molecule has 0 aromatic heterocycles. The second kappa shape index (κ2) is 8.51. The maximum absolute atomic E-state index is 12.4. The highest BCUT2D eigenvalue weighted by Crippen LogP contribution is 2.20. The van der Waals surface area contributed by atoms with Crippen LogP contribution in [0, 0.1) is 13.8 Å². The molecule has 0 atom stereocenters. The quantitative estimate of drug-likeness (QED) is 0.689. The van der Waals surface area contributed by atoms with E-state index in [0.717, 1.165) is 42.5 Å². The standard InChI is InChI=1S/C16H28N2O2S/c1-5-7-8-9-18-21(19,20)16-11-15(12-17-6-2)13(3)10-14(16)4/h10-11,17-18H,5-9,12H2,1-4H3. The Morgan fingerprint density at radius 1 is 1.05 bits per heavy atom. The molecule has 0 saturated heterocycles. The van der Waals surface area contributed by atoms with Crippen LogP contribution >= 0.6 is 0 Å². The number of hydrogen-bond acceptors (Lipinski definition) is 3. The van der Waals surface area contributed by atoms with Gasteiger partial charge in [-0.15, -0.1) is 0 Å². The molecule has 0 saturated carbocycles. The van der Waals surface area contributed by atoms with Crippen molar-refractivity contribution in [1.29, 1.82) is 0 Å². The van der Waals surface area contributed by atoms with Crippen LogP contribution in [0.5, 0.6) is 0 Å². The van der Waals surface area contributed by atoms with Crippen LogP contribution in [0.2, 0.25) is 0 Å². The highest BCUT2D eigenvalue weighted by molar-refractivity contribution is 7.89. The summed E-state index contributed by atoms with van der Waals surface area (Å²) in [5, 5.41) is 3.25. The Hall–Kier alpha value is -0.910. The molecule has 0 spiro atoms. The summed E-state index contributed by atoms with van der Waals surface area (Å²) in [6.45, 7) is 10.1. The zero-order valence-electron chi connectivity index (χ0n) is 13.6. The second-order valence-electron chi connectivity index (χ2n) is 5.43. The molecule has 0 amide bonds. The molecule has 0 aliphatic rings. The van der Waals surface area contributed by atoms with Gasteiger partial charge in [0.25, 0.3) is 0 Å².